The van der Waals surface area contributed by atoms with E-state index in [9.17, 15) is 13.2 Å². The van der Waals surface area contributed by atoms with Crippen LogP contribution in [0.2, 0.25) is 0 Å². The van der Waals surface area contributed by atoms with Crippen molar-refractivity contribution in [1.82, 2.24) is 15.4 Å². The molecule has 1 unspecified atom stereocenters. The lowest BCUT2D eigenvalue weighted by Gasteiger charge is -2.23. The first-order valence-electron chi connectivity index (χ1n) is 5.40. The van der Waals surface area contributed by atoms with E-state index in [0.717, 1.165) is 0 Å². The van der Waals surface area contributed by atoms with Crippen LogP contribution >= 0.6 is 24.0 Å². The van der Waals surface area contributed by atoms with Crippen LogP contribution in [0.15, 0.2) is 21.8 Å². The van der Waals surface area contributed by atoms with Crippen molar-refractivity contribution in [1.29, 1.82) is 0 Å². The molecule has 0 amide bonds. The van der Waals surface area contributed by atoms with Gasteiger partial charge in [0.25, 0.3) is 0 Å². The number of guanidine groups is 1. The number of rotatable bonds is 4. The summed E-state index contributed by atoms with van der Waals surface area (Å²) in [7, 11) is 3.06. The highest BCUT2D eigenvalue weighted by atomic mass is 127. The number of nitrogens with zero attached hydrogens (tertiary/aromatic N) is 3. The maximum Gasteiger partial charge on any atom is 0.416 e. The van der Waals surface area contributed by atoms with E-state index >= 15 is 0 Å². The first kappa shape index (κ1) is 19.0. The molecule has 6 nitrogen and oxygen atoms in total. The minimum absolute atomic E-state index is 0. The summed E-state index contributed by atoms with van der Waals surface area (Å²) in [5.41, 5.74) is 0.613. The van der Waals surface area contributed by atoms with Gasteiger partial charge in [0.1, 0.15) is 12.0 Å². The summed E-state index contributed by atoms with van der Waals surface area (Å²) in [5, 5.41) is 15.0. The minimum Gasteiger partial charge on any atom is -0.382 e. The maximum atomic E-state index is 12.1. The molecular weight excluding hydrogens is 392 g/mol. The molecule has 0 aliphatic heterocycles. The van der Waals surface area contributed by atoms with Crippen LogP contribution in [0.1, 0.15) is 5.69 Å². The summed E-state index contributed by atoms with van der Waals surface area (Å²) in [6.07, 6.45) is -5.70. The zero-order valence-corrected chi connectivity index (χ0v) is 13.2. The summed E-state index contributed by atoms with van der Waals surface area (Å²) in [4.78, 5) is 5.37. The smallest absolute Gasteiger partial charge is 0.382 e. The van der Waals surface area contributed by atoms with Gasteiger partial charge in [-0.1, -0.05) is 5.16 Å². The highest BCUT2D eigenvalue weighted by Gasteiger charge is 2.38. The molecule has 0 spiro atoms. The van der Waals surface area contributed by atoms with E-state index in [1.165, 1.54) is 13.3 Å². The maximum absolute atomic E-state index is 12.1. The van der Waals surface area contributed by atoms with Crippen LogP contribution in [0, 0.1) is 0 Å². The third-order valence-electron chi connectivity index (χ3n) is 2.30. The van der Waals surface area contributed by atoms with Gasteiger partial charge in [0, 0.05) is 20.2 Å². The SMILES string of the molecule is CN=C(NCC(O)C(F)(F)F)N(C)Cc1ccon1.I. The summed E-state index contributed by atoms with van der Waals surface area (Å²) in [6.45, 7) is -0.350. The number of halogens is 4. The Hall–Kier alpha value is -1.04. The van der Waals surface area contributed by atoms with Crippen molar-refractivity contribution in [3.8, 4) is 0 Å². The monoisotopic (exact) mass is 408 g/mol. The molecular formula is C10H16F3IN4O2. The highest BCUT2D eigenvalue weighted by molar-refractivity contribution is 14.0. The number of aromatic nitrogens is 1. The Bertz CT molecular complexity index is 411. The third kappa shape index (κ3) is 5.94. The lowest BCUT2D eigenvalue weighted by molar-refractivity contribution is -0.201. The lowest BCUT2D eigenvalue weighted by atomic mass is 10.3. The predicted molar refractivity (Wildman–Crippen MR) is 76.8 cm³/mol. The fourth-order valence-electron chi connectivity index (χ4n) is 1.33. The second-order valence-electron chi connectivity index (χ2n) is 3.83. The molecule has 1 rings (SSSR count). The topological polar surface area (TPSA) is 73.9 Å². The minimum atomic E-state index is -4.66. The highest BCUT2D eigenvalue weighted by Crippen LogP contribution is 2.19. The van der Waals surface area contributed by atoms with Gasteiger partial charge in [-0.3, -0.25) is 4.99 Å². The Balaban J connectivity index is 0.00000361. The average molecular weight is 408 g/mol. The number of aliphatic hydroxyl groups excluding tert-OH is 1. The van der Waals surface area contributed by atoms with Gasteiger partial charge in [-0.2, -0.15) is 13.2 Å². The van der Waals surface area contributed by atoms with Crippen molar-refractivity contribution in [2.75, 3.05) is 20.6 Å². The summed E-state index contributed by atoms with van der Waals surface area (Å²) >= 11 is 0. The Morgan fingerprint density at radius 1 is 1.60 bits per heavy atom. The molecule has 2 N–H and O–H groups in total. The van der Waals surface area contributed by atoms with Crippen LogP contribution in [-0.4, -0.2) is 54.0 Å². The van der Waals surface area contributed by atoms with Gasteiger partial charge in [0.15, 0.2) is 12.1 Å². The lowest BCUT2D eigenvalue weighted by Crippen LogP contribution is -2.45. The van der Waals surface area contributed by atoms with Crippen molar-refractivity contribution in [2.24, 2.45) is 4.99 Å². The molecule has 0 aromatic carbocycles. The quantitative estimate of drug-likeness (QED) is 0.446. The number of nitrogens with one attached hydrogen (secondary N) is 1. The van der Waals surface area contributed by atoms with E-state index in [1.807, 2.05) is 0 Å². The normalized spacial score (nSPS) is 13.6. The fourth-order valence-corrected chi connectivity index (χ4v) is 1.33. The van der Waals surface area contributed by atoms with Crippen molar-refractivity contribution in [3.63, 3.8) is 0 Å². The van der Waals surface area contributed by atoms with E-state index in [-0.39, 0.29) is 29.9 Å². The van der Waals surface area contributed by atoms with Crippen molar-refractivity contribution < 1.29 is 22.8 Å². The van der Waals surface area contributed by atoms with Crippen LogP contribution in [0.5, 0.6) is 0 Å². The number of aliphatic imine (C=N–C) groups is 1. The third-order valence-corrected chi connectivity index (χ3v) is 2.30. The molecule has 0 saturated carbocycles. The van der Waals surface area contributed by atoms with Gasteiger partial charge < -0.3 is 19.8 Å². The Kier molecular flexibility index (Phi) is 7.86. The van der Waals surface area contributed by atoms with Gasteiger partial charge in [-0.15, -0.1) is 24.0 Å². The molecule has 1 atom stereocenters. The Labute approximate surface area is 131 Å². The van der Waals surface area contributed by atoms with Gasteiger partial charge in [-0.05, 0) is 0 Å². The molecule has 0 saturated heterocycles. The second kappa shape index (κ2) is 8.29. The van der Waals surface area contributed by atoms with E-state index < -0.39 is 18.8 Å². The standard InChI is InChI=1S/C10H15F3N4O2.HI/c1-14-9(15-5-8(18)10(11,12)13)17(2)6-7-3-4-19-16-7;/h3-4,8,18H,5-6H2,1-2H3,(H,14,15);1H. The van der Waals surface area contributed by atoms with Crippen LogP contribution in [0.4, 0.5) is 13.2 Å². The first-order valence-corrected chi connectivity index (χ1v) is 5.40. The average Bonchev–Trinajstić information content (AvgIpc) is 2.81. The molecule has 0 radical (unpaired) electrons. The van der Waals surface area contributed by atoms with Crippen LogP contribution in [0.3, 0.4) is 0 Å². The molecule has 1 aromatic heterocycles. The Morgan fingerprint density at radius 3 is 2.70 bits per heavy atom. The van der Waals surface area contributed by atoms with Gasteiger partial charge in [0.2, 0.25) is 0 Å². The fraction of sp³-hybridized carbons (Fsp3) is 0.600. The summed E-state index contributed by atoms with van der Waals surface area (Å²) in [6, 6.07) is 1.63. The van der Waals surface area contributed by atoms with Crippen molar-refractivity contribution >= 4 is 29.9 Å². The Morgan fingerprint density at radius 2 is 2.25 bits per heavy atom. The molecule has 0 aliphatic carbocycles. The largest absolute Gasteiger partial charge is 0.416 e. The van der Waals surface area contributed by atoms with E-state index in [2.05, 4.69) is 20.0 Å². The van der Waals surface area contributed by atoms with Crippen LogP contribution in [0.25, 0.3) is 0 Å². The summed E-state index contributed by atoms with van der Waals surface area (Å²) in [5.74, 6) is 0.214. The van der Waals surface area contributed by atoms with Gasteiger partial charge in [0.05, 0.1) is 13.1 Å². The van der Waals surface area contributed by atoms with Gasteiger partial charge in [-0.25, -0.2) is 0 Å². The molecule has 0 bridgehead atoms. The number of hydrogen-bond donors (Lipinski definition) is 2. The summed E-state index contributed by atoms with van der Waals surface area (Å²) < 4.78 is 41.1. The van der Waals surface area contributed by atoms with E-state index in [4.69, 9.17) is 5.11 Å². The molecule has 10 heteroatoms. The zero-order chi connectivity index (χ0) is 14.5. The second-order valence-corrected chi connectivity index (χ2v) is 3.83. The van der Waals surface area contributed by atoms with Crippen LogP contribution in [-0.2, 0) is 6.54 Å². The number of hydrogen-bond acceptors (Lipinski definition) is 4. The van der Waals surface area contributed by atoms with Crippen molar-refractivity contribution in [2.45, 2.75) is 18.8 Å². The van der Waals surface area contributed by atoms with E-state index in [0.29, 0.717) is 12.2 Å². The van der Waals surface area contributed by atoms with Crippen LogP contribution < -0.4 is 5.32 Å². The molecule has 116 valence electrons. The van der Waals surface area contributed by atoms with E-state index in [1.54, 1.807) is 18.0 Å². The first-order chi connectivity index (χ1) is 8.84. The number of alkyl halides is 3. The van der Waals surface area contributed by atoms with Crippen molar-refractivity contribution in [3.05, 3.63) is 18.0 Å². The molecule has 1 heterocycles. The predicted octanol–water partition coefficient (Wildman–Crippen LogP) is 1.22. The zero-order valence-electron chi connectivity index (χ0n) is 10.9. The molecule has 0 aliphatic rings. The number of aliphatic hydroxyl groups is 1. The molecule has 1 aromatic rings. The molecule has 20 heavy (non-hydrogen) atoms. The molecule has 0 fully saturated rings. The van der Waals surface area contributed by atoms with Gasteiger partial charge >= 0.3 is 6.18 Å².